The molecule has 1 unspecified atom stereocenters. The fourth-order valence-corrected chi connectivity index (χ4v) is 0.158. The monoisotopic (exact) mass is 101 g/mol. The lowest BCUT2D eigenvalue weighted by Gasteiger charge is -1.92. The van der Waals surface area contributed by atoms with Gasteiger partial charge in [0.2, 0.25) is 0 Å². The van der Waals surface area contributed by atoms with Gasteiger partial charge in [-0.2, -0.15) is 5.26 Å². The summed E-state index contributed by atoms with van der Waals surface area (Å²) in [5, 5.41) is 7.98. The second kappa shape index (κ2) is 2.88. The first kappa shape index (κ1) is 5.67. The van der Waals surface area contributed by atoms with Crippen molar-refractivity contribution in [2.75, 3.05) is 0 Å². The van der Waals surface area contributed by atoms with Crippen LogP contribution < -0.4 is 0 Å². The molecule has 34 valence electrons. The molecule has 0 aromatic carbocycles. The molecule has 6 heavy (non-hydrogen) atoms. The van der Waals surface area contributed by atoms with Crippen molar-refractivity contribution < 1.29 is 4.43 Å². The Morgan fingerprint density at radius 3 is 2.50 bits per heavy atom. The van der Waals surface area contributed by atoms with Crippen molar-refractivity contribution >= 4 is 10.5 Å². The summed E-state index contributed by atoms with van der Waals surface area (Å²) in [5.74, 6) is 0. The van der Waals surface area contributed by atoms with Crippen molar-refractivity contribution in [2.45, 2.75) is 13.0 Å². The van der Waals surface area contributed by atoms with Crippen molar-refractivity contribution in [3.05, 3.63) is 0 Å². The maximum atomic E-state index is 7.98. The number of hydrogen-bond donors (Lipinski definition) is 0. The van der Waals surface area contributed by atoms with Crippen molar-refractivity contribution in [1.82, 2.24) is 0 Å². The van der Waals surface area contributed by atoms with Crippen molar-refractivity contribution in [3.63, 3.8) is 0 Å². The number of nitriles is 1. The van der Waals surface area contributed by atoms with Crippen LogP contribution >= 0.6 is 0 Å². The molecule has 0 aromatic heterocycles. The van der Waals surface area contributed by atoms with Crippen LogP contribution in [-0.2, 0) is 4.43 Å². The quantitative estimate of drug-likeness (QED) is 0.405. The Morgan fingerprint density at radius 2 is 2.50 bits per heavy atom. The topological polar surface area (TPSA) is 33.0 Å². The van der Waals surface area contributed by atoms with Gasteiger partial charge < -0.3 is 4.43 Å². The van der Waals surface area contributed by atoms with Gasteiger partial charge in [-0.15, -0.1) is 0 Å². The zero-order chi connectivity index (χ0) is 4.99. The van der Waals surface area contributed by atoms with E-state index in [4.69, 9.17) is 5.26 Å². The van der Waals surface area contributed by atoms with E-state index in [1.54, 1.807) is 6.92 Å². The van der Waals surface area contributed by atoms with Gasteiger partial charge in [0, 0.05) is 0 Å². The molecule has 0 fully saturated rings. The van der Waals surface area contributed by atoms with Crippen LogP contribution in [0.25, 0.3) is 0 Å². The van der Waals surface area contributed by atoms with Crippen LogP contribution in [0.1, 0.15) is 6.92 Å². The average Bonchev–Trinajstić information content (AvgIpc) is 1.65. The molecule has 0 amide bonds. The zero-order valence-corrected chi connectivity index (χ0v) is 5.93. The van der Waals surface area contributed by atoms with Crippen LogP contribution in [0.5, 0.6) is 0 Å². The molecule has 0 aromatic rings. The molecule has 0 radical (unpaired) electrons. The van der Waals surface area contributed by atoms with Crippen LogP contribution in [0, 0.1) is 11.3 Å². The Kier molecular flexibility index (Phi) is 2.72. The Morgan fingerprint density at radius 1 is 2.00 bits per heavy atom. The Labute approximate surface area is 40.3 Å². The Hall–Kier alpha value is -0.333. The van der Waals surface area contributed by atoms with Crippen LogP contribution in [0.2, 0.25) is 0 Å². The molecule has 0 aliphatic heterocycles. The van der Waals surface area contributed by atoms with Gasteiger partial charge in [-0.1, -0.05) is 0 Å². The number of hydrogen-bond acceptors (Lipinski definition) is 2. The second-order valence-electron chi connectivity index (χ2n) is 1.01. The minimum absolute atomic E-state index is 0.198. The first-order valence-electron chi connectivity index (χ1n) is 1.73. The number of nitrogens with zero attached hydrogens (tertiary/aromatic N) is 1. The largest absolute Gasteiger partial charge is 0.413 e. The third-order valence-electron chi connectivity index (χ3n) is 0.535. The summed E-state index contributed by atoms with van der Waals surface area (Å²) in [6.07, 6.45) is -0.198. The highest BCUT2D eigenvalue weighted by molar-refractivity contribution is 5.98. The van der Waals surface area contributed by atoms with E-state index in [1.165, 1.54) is 0 Å². The van der Waals surface area contributed by atoms with E-state index in [-0.39, 0.29) is 6.10 Å². The predicted molar refractivity (Wildman–Crippen MR) is 26.1 cm³/mol. The molecule has 0 heterocycles. The molecule has 0 N–H and O–H groups in total. The molecule has 0 aliphatic rings. The van der Waals surface area contributed by atoms with Gasteiger partial charge in [-0.05, 0) is 6.92 Å². The first-order chi connectivity index (χ1) is 2.81. The van der Waals surface area contributed by atoms with Crippen LogP contribution in [-0.4, -0.2) is 16.6 Å². The Balaban J connectivity index is 3.04. The molecule has 0 aliphatic carbocycles. The van der Waals surface area contributed by atoms with Crippen LogP contribution in [0.4, 0.5) is 0 Å². The fraction of sp³-hybridized carbons (Fsp3) is 0.667. The molecule has 2 nitrogen and oxygen atoms in total. The molecule has 1 atom stereocenters. The second-order valence-corrected chi connectivity index (χ2v) is 1.48. The fourth-order valence-electron chi connectivity index (χ4n) is 0.0527. The van der Waals surface area contributed by atoms with Gasteiger partial charge in [0.1, 0.15) is 16.6 Å². The van der Waals surface area contributed by atoms with Crippen LogP contribution in [0.3, 0.4) is 0 Å². The van der Waals surface area contributed by atoms with Gasteiger partial charge >= 0.3 is 0 Å². The maximum absolute atomic E-state index is 7.98. The zero-order valence-electron chi connectivity index (χ0n) is 3.93. The lowest BCUT2D eigenvalue weighted by Crippen LogP contribution is -1.99. The highest BCUT2D eigenvalue weighted by Crippen LogP contribution is 1.77. The summed E-state index contributed by atoms with van der Waals surface area (Å²) in [6.45, 7) is 1.73. The first-order valence-corrected chi connectivity index (χ1v) is 2.55. The average molecular weight is 101 g/mol. The lowest BCUT2D eigenvalue weighted by atomic mass is 10.5. The van der Waals surface area contributed by atoms with Crippen LogP contribution in [0.15, 0.2) is 0 Å². The van der Waals surface area contributed by atoms with Gasteiger partial charge in [0.25, 0.3) is 0 Å². The lowest BCUT2D eigenvalue weighted by molar-refractivity contribution is 0.305. The smallest absolute Gasteiger partial charge is 0.147 e. The summed E-state index contributed by atoms with van der Waals surface area (Å²) >= 11 is 0. The summed E-state index contributed by atoms with van der Waals surface area (Å²) in [6, 6.07) is 1.93. The normalized spacial score (nSPS) is 13.3. The molecule has 0 saturated heterocycles. The van der Waals surface area contributed by atoms with E-state index in [9.17, 15) is 0 Å². The van der Waals surface area contributed by atoms with E-state index < -0.39 is 0 Å². The third kappa shape index (κ3) is 1.94. The van der Waals surface area contributed by atoms with Crippen molar-refractivity contribution in [1.29, 1.82) is 5.26 Å². The third-order valence-corrected chi connectivity index (χ3v) is 1.24. The molecular formula is C3H7NOSi. The van der Waals surface area contributed by atoms with Gasteiger partial charge in [-0.3, -0.25) is 0 Å². The van der Waals surface area contributed by atoms with Crippen molar-refractivity contribution in [2.24, 2.45) is 0 Å². The minimum Gasteiger partial charge on any atom is -0.413 e. The molecule has 0 bridgehead atoms. The molecule has 0 saturated carbocycles. The maximum Gasteiger partial charge on any atom is 0.147 e. The van der Waals surface area contributed by atoms with E-state index >= 15 is 0 Å². The Bertz CT molecular complexity index is 67.7. The van der Waals surface area contributed by atoms with E-state index in [2.05, 4.69) is 4.43 Å². The highest BCUT2D eigenvalue weighted by atomic mass is 28.2. The predicted octanol–water partition coefficient (Wildman–Crippen LogP) is -0.805. The summed E-state index contributed by atoms with van der Waals surface area (Å²) < 4.78 is 4.68. The number of rotatable bonds is 1. The summed E-state index contributed by atoms with van der Waals surface area (Å²) in [7, 11) is 0.660. The van der Waals surface area contributed by atoms with Gasteiger partial charge in [0.05, 0.1) is 6.07 Å². The summed E-state index contributed by atoms with van der Waals surface area (Å²) in [5.41, 5.74) is 0. The van der Waals surface area contributed by atoms with Gasteiger partial charge in [-0.25, -0.2) is 0 Å². The molecule has 3 heteroatoms. The van der Waals surface area contributed by atoms with E-state index in [0.717, 1.165) is 0 Å². The SMILES string of the molecule is CC(C#N)O[SiH3]. The standard InChI is InChI=1S/C3H7NOSi/c1-3(2-4)5-6/h3H,1,6H3. The van der Waals surface area contributed by atoms with E-state index in [1.807, 2.05) is 6.07 Å². The van der Waals surface area contributed by atoms with Crippen molar-refractivity contribution in [3.8, 4) is 6.07 Å². The van der Waals surface area contributed by atoms with Gasteiger partial charge in [0.15, 0.2) is 0 Å². The van der Waals surface area contributed by atoms with E-state index in [0.29, 0.717) is 10.5 Å². The molecule has 0 rings (SSSR count). The highest BCUT2D eigenvalue weighted by Gasteiger charge is 1.87. The summed E-state index contributed by atoms with van der Waals surface area (Å²) in [4.78, 5) is 0. The molecular weight excluding hydrogens is 94.1 g/mol. The molecule has 0 spiro atoms. The minimum atomic E-state index is -0.198.